The lowest BCUT2D eigenvalue weighted by Gasteiger charge is -2.27. The maximum atomic E-state index is 9.44. The van der Waals surface area contributed by atoms with Gasteiger partial charge in [0.25, 0.3) is 0 Å². The molecule has 1 aliphatic rings. The second kappa shape index (κ2) is 5.31. The number of H-pyrrole nitrogens is 1. The van der Waals surface area contributed by atoms with Crippen LogP contribution < -0.4 is 0 Å². The molecule has 21 heavy (non-hydrogen) atoms. The minimum atomic E-state index is 0.283. The predicted molar refractivity (Wildman–Crippen MR) is 87.6 cm³/mol. The molecule has 2 nitrogen and oxygen atoms in total. The van der Waals surface area contributed by atoms with Gasteiger partial charge in [-0.15, -0.1) is 0 Å². The van der Waals surface area contributed by atoms with E-state index in [1.54, 1.807) is 0 Å². The SMILES string of the molecule is CC1=Cc2c(c(C)[nH]c(=S)c2C#N)C(c2ccccc2)C1. The number of aromatic nitrogens is 1. The summed E-state index contributed by atoms with van der Waals surface area (Å²) in [4.78, 5) is 3.20. The number of allylic oxidation sites excluding steroid dienone is 1. The molecule has 0 fully saturated rings. The van der Waals surface area contributed by atoms with Gasteiger partial charge in [-0.3, -0.25) is 0 Å². The molecule has 1 unspecified atom stereocenters. The average molecular weight is 292 g/mol. The number of benzene rings is 1. The van der Waals surface area contributed by atoms with Gasteiger partial charge in [-0.1, -0.05) is 54.2 Å². The molecule has 1 aliphatic carbocycles. The van der Waals surface area contributed by atoms with Crippen molar-refractivity contribution in [3.05, 3.63) is 68.5 Å². The summed E-state index contributed by atoms with van der Waals surface area (Å²) in [6, 6.07) is 12.7. The highest BCUT2D eigenvalue weighted by atomic mass is 32.1. The Balaban J connectivity index is 2.32. The van der Waals surface area contributed by atoms with E-state index in [2.05, 4.69) is 48.3 Å². The van der Waals surface area contributed by atoms with Crippen molar-refractivity contribution in [1.29, 1.82) is 5.26 Å². The van der Waals surface area contributed by atoms with Crippen LogP contribution in [0, 0.1) is 22.9 Å². The summed E-state index contributed by atoms with van der Waals surface area (Å²) in [6.07, 6.45) is 3.09. The van der Waals surface area contributed by atoms with Crippen LogP contribution in [-0.4, -0.2) is 4.98 Å². The highest BCUT2D eigenvalue weighted by Gasteiger charge is 2.26. The molecule has 1 aromatic heterocycles. The summed E-state index contributed by atoms with van der Waals surface area (Å²) in [6.45, 7) is 4.16. The lowest BCUT2D eigenvalue weighted by molar-refractivity contribution is 0.768. The largest absolute Gasteiger partial charge is 0.349 e. The minimum Gasteiger partial charge on any atom is -0.349 e. The van der Waals surface area contributed by atoms with Crippen LogP contribution in [0.25, 0.3) is 6.08 Å². The molecule has 0 radical (unpaired) electrons. The number of nitrogens with zero attached hydrogens (tertiary/aromatic N) is 1. The van der Waals surface area contributed by atoms with Gasteiger partial charge in [0, 0.05) is 17.2 Å². The maximum Gasteiger partial charge on any atom is 0.122 e. The molecular weight excluding hydrogens is 276 g/mol. The van der Waals surface area contributed by atoms with Crippen LogP contribution in [0.5, 0.6) is 0 Å². The quantitative estimate of drug-likeness (QED) is 0.762. The van der Waals surface area contributed by atoms with Gasteiger partial charge in [-0.05, 0) is 31.4 Å². The number of pyridine rings is 1. The zero-order valence-electron chi connectivity index (χ0n) is 12.1. The van der Waals surface area contributed by atoms with Crippen molar-refractivity contribution in [2.45, 2.75) is 26.2 Å². The van der Waals surface area contributed by atoms with Gasteiger partial charge in [0.2, 0.25) is 0 Å². The van der Waals surface area contributed by atoms with Crippen molar-refractivity contribution in [2.75, 3.05) is 0 Å². The summed E-state index contributed by atoms with van der Waals surface area (Å²) in [5, 5.41) is 9.44. The van der Waals surface area contributed by atoms with Gasteiger partial charge in [-0.25, -0.2) is 0 Å². The Bertz CT molecular complexity index is 823. The molecule has 0 spiro atoms. The van der Waals surface area contributed by atoms with Crippen LogP contribution in [-0.2, 0) is 0 Å². The van der Waals surface area contributed by atoms with Crippen molar-refractivity contribution >= 4 is 18.3 Å². The molecule has 3 heteroatoms. The standard InChI is InChI=1S/C18H16N2S/c1-11-8-14(13-6-4-3-5-7-13)17-12(2)20-18(21)16(10-19)15(17)9-11/h3-7,9,14H,8H2,1-2H3,(H,20,21). The first-order chi connectivity index (χ1) is 10.1. The van der Waals surface area contributed by atoms with Crippen molar-refractivity contribution in [3.63, 3.8) is 0 Å². The Labute approximate surface area is 129 Å². The molecule has 1 heterocycles. The van der Waals surface area contributed by atoms with Crippen molar-refractivity contribution < 1.29 is 0 Å². The van der Waals surface area contributed by atoms with E-state index in [0.717, 1.165) is 17.7 Å². The average Bonchev–Trinajstić information content (AvgIpc) is 2.47. The fourth-order valence-electron chi connectivity index (χ4n) is 3.17. The second-order valence-corrected chi connectivity index (χ2v) is 5.96. The van der Waals surface area contributed by atoms with Gasteiger partial charge in [0.15, 0.2) is 0 Å². The molecule has 1 atom stereocenters. The zero-order chi connectivity index (χ0) is 15.0. The number of hydrogen-bond donors (Lipinski definition) is 1. The number of aromatic amines is 1. The van der Waals surface area contributed by atoms with Gasteiger partial charge in [0.1, 0.15) is 10.7 Å². The summed E-state index contributed by atoms with van der Waals surface area (Å²) < 4.78 is 0.534. The third-order valence-electron chi connectivity index (χ3n) is 4.07. The Hall–Kier alpha value is -2.18. The Kier molecular flexibility index (Phi) is 3.48. The molecule has 0 saturated carbocycles. The van der Waals surface area contributed by atoms with Gasteiger partial charge < -0.3 is 4.98 Å². The molecule has 0 aliphatic heterocycles. The van der Waals surface area contributed by atoms with E-state index in [4.69, 9.17) is 12.2 Å². The van der Waals surface area contributed by atoms with Gasteiger partial charge >= 0.3 is 0 Å². The molecule has 1 aromatic carbocycles. The van der Waals surface area contributed by atoms with Crippen LogP contribution in [0.3, 0.4) is 0 Å². The van der Waals surface area contributed by atoms with Gasteiger partial charge in [0.05, 0.1) is 5.56 Å². The Morgan fingerprint density at radius 1 is 1.24 bits per heavy atom. The minimum absolute atomic E-state index is 0.283. The summed E-state index contributed by atoms with van der Waals surface area (Å²) in [5.74, 6) is 0.283. The summed E-state index contributed by atoms with van der Waals surface area (Å²) in [5.41, 5.74) is 6.42. The van der Waals surface area contributed by atoms with E-state index in [9.17, 15) is 5.26 Å². The van der Waals surface area contributed by atoms with Crippen molar-refractivity contribution in [1.82, 2.24) is 4.98 Å². The summed E-state index contributed by atoms with van der Waals surface area (Å²) in [7, 11) is 0. The number of rotatable bonds is 1. The van der Waals surface area contributed by atoms with E-state index in [1.807, 2.05) is 13.0 Å². The number of hydrogen-bond acceptors (Lipinski definition) is 2. The van der Waals surface area contributed by atoms with E-state index in [0.29, 0.717) is 10.2 Å². The van der Waals surface area contributed by atoms with Crippen LogP contribution in [0.2, 0.25) is 0 Å². The third kappa shape index (κ3) is 2.32. The lowest BCUT2D eigenvalue weighted by Crippen LogP contribution is -2.13. The first-order valence-corrected chi connectivity index (χ1v) is 7.41. The van der Waals surface area contributed by atoms with Crippen molar-refractivity contribution in [2.24, 2.45) is 0 Å². The number of aryl methyl sites for hydroxylation is 1. The zero-order valence-corrected chi connectivity index (χ0v) is 12.9. The van der Waals surface area contributed by atoms with E-state index in [1.165, 1.54) is 16.7 Å². The molecular formula is C18H16N2S. The van der Waals surface area contributed by atoms with Gasteiger partial charge in [-0.2, -0.15) is 5.26 Å². The summed E-state index contributed by atoms with van der Waals surface area (Å²) >= 11 is 5.31. The molecule has 2 aromatic rings. The van der Waals surface area contributed by atoms with Crippen molar-refractivity contribution in [3.8, 4) is 6.07 Å². The van der Waals surface area contributed by atoms with Crippen LogP contribution in [0.1, 0.15) is 47.2 Å². The molecule has 0 amide bonds. The smallest absolute Gasteiger partial charge is 0.122 e. The van der Waals surface area contributed by atoms with Crippen LogP contribution >= 0.6 is 12.2 Å². The third-order valence-corrected chi connectivity index (χ3v) is 4.38. The fourth-order valence-corrected chi connectivity index (χ4v) is 3.48. The van der Waals surface area contributed by atoms with E-state index >= 15 is 0 Å². The number of fused-ring (bicyclic) bond motifs is 1. The molecule has 104 valence electrons. The molecule has 0 bridgehead atoms. The predicted octanol–water partition coefficient (Wildman–Crippen LogP) is 4.86. The topological polar surface area (TPSA) is 39.6 Å². The molecule has 3 rings (SSSR count). The highest BCUT2D eigenvalue weighted by molar-refractivity contribution is 7.71. The highest BCUT2D eigenvalue weighted by Crippen LogP contribution is 2.40. The number of nitrogens with one attached hydrogen (secondary N) is 1. The monoisotopic (exact) mass is 292 g/mol. The fraction of sp³-hybridized carbons (Fsp3) is 0.222. The normalized spacial score (nSPS) is 16.8. The first kappa shape index (κ1) is 13.8. The van der Waals surface area contributed by atoms with E-state index in [-0.39, 0.29) is 5.92 Å². The van der Waals surface area contributed by atoms with Crippen LogP contribution in [0.4, 0.5) is 0 Å². The molecule has 0 saturated heterocycles. The number of nitriles is 1. The Morgan fingerprint density at radius 3 is 2.62 bits per heavy atom. The maximum absolute atomic E-state index is 9.44. The van der Waals surface area contributed by atoms with Crippen LogP contribution in [0.15, 0.2) is 35.9 Å². The van der Waals surface area contributed by atoms with E-state index < -0.39 is 0 Å². The lowest BCUT2D eigenvalue weighted by atomic mass is 9.78. The molecule has 1 N–H and O–H groups in total. The Morgan fingerprint density at radius 2 is 1.95 bits per heavy atom. The first-order valence-electron chi connectivity index (χ1n) is 7.00. The second-order valence-electron chi connectivity index (χ2n) is 5.55.